The van der Waals surface area contributed by atoms with Gasteiger partial charge in [-0.2, -0.15) is 0 Å². The highest BCUT2D eigenvalue weighted by molar-refractivity contribution is 7.18. The second kappa shape index (κ2) is 10.3. The van der Waals surface area contributed by atoms with Crippen LogP contribution < -0.4 is 10.1 Å². The summed E-state index contributed by atoms with van der Waals surface area (Å²) in [5.41, 5.74) is 1.02. The van der Waals surface area contributed by atoms with Crippen molar-refractivity contribution in [2.45, 2.75) is 34.3 Å². The van der Waals surface area contributed by atoms with E-state index in [1.54, 1.807) is 26.8 Å². The van der Waals surface area contributed by atoms with Gasteiger partial charge in [-0.05, 0) is 57.5 Å². The summed E-state index contributed by atoms with van der Waals surface area (Å²) < 4.78 is 16.2. The molecule has 10 nitrogen and oxygen atoms in total. The normalized spacial score (nSPS) is 10.6. The number of aryl methyl sites for hydroxylation is 1. The molecule has 0 fully saturated rings. The SMILES string of the molecule is CCOC(=O)c1c(NC(=O)c2ccc(COc3ccc([N+](=O)[O-])c(C)c3)o2)sc(C(C)=O)c1C. The summed E-state index contributed by atoms with van der Waals surface area (Å²) in [6.45, 7) is 6.41. The third-order valence-corrected chi connectivity index (χ3v) is 6.11. The standard InChI is InChI=1S/C23H22N2O8S/c1-5-31-23(28)19-13(3)20(14(4)26)34-22(19)24-21(27)18-9-7-16(33-18)11-32-15-6-8-17(25(29)30)12(2)10-15/h6-10H,5,11H2,1-4H3,(H,24,27). The van der Waals surface area contributed by atoms with Crippen molar-refractivity contribution in [2.24, 2.45) is 0 Å². The lowest BCUT2D eigenvalue weighted by Gasteiger charge is -2.06. The molecule has 0 saturated heterocycles. The van der Waals surface area contributed by atoms with Crippen LogP contribution in [0.5, 0.6) is 5.75 Å². The van der Waals surface area contributed by atoms with E-state index in [4.69, 9.17) is 13.9 Å². The maximum Gasteiger partial charge on any atom is 0.341 e. The molecule has 0 radical (unpaired) electrons. The zero-order valence-corrected chi connectivity index (χ0v) is 19.7. The molecule has 178 valence electrons. The van der Waals surface area contributed by atoms with E-state index in [1.165, 1.54) is 31.2 Å². The predicted molar refractivity (Wildman–Crippen MR) is 124 cm³/mol. The molecular weight excluding hydrogens is 464 g/mol. The first kappa shape index (κ1) is 24.6. The van der Waals surface area contributed by atoms with E-state index >= 15 is 0 Å². The Labute approximate surface area is 198 Å². The number of nitrogens with zero attached hydrogens (tertiary/aromatic N) is 1. The van der Waals surface area contributed by atoms with Gasteiger partial charge in [0.1, 0.15) is 23.1 Å². The first-order valence-electron chi connectivity index (χ1n) is 10.2. The summed E-state index contributed by atoms with van der Waals surface area (Å²) in [7, 11) is 0. The molecule has 2 heterocycles. The third kappa shape index (κ3) is 5.31. The summed E-state index contributed by atoms with van der Waals surface area (Å²) in [4.78, 5) is 47.8. The molecule has 0 aliphatic rings. The van der Waals surface area contributed by atoms with Gasteiger partial charge < -0.3 is 19.2 Å². The summed E-state index contributed by atoms with van der Waals surface area (Å²) in [6.07, 6.45) is 0. The van der Waals surface area contributed by atoms with Crippen molar-refractivity contribution in [3.05, 3.63) is 73.5 Å². The van der Waals surface area contributed by atoms with Gasteiger partial charge in [-0.15, -0.1) is 11.3 Å². The quantitative estimate of drug-likeness (QED) is 0.191. The minimum absolute atomic E-state index is 0.00873. The number of ether oxygens (including phenoxy) is 2. The fraction of sp³-hybridized carbons (Fsp3) is 0.261. The Morgan fingerprint density at radius 2 is 1.91 bits per heavy atom. The number of amides is 1. The molecule has 0 saturated carbocycles. The summed E-state index contributed by atoms with van der Waals surface area (Å²) in [5.74, 6) is -0.740. The van der Waals surface area contributed by atoms with E-state index in [1.807, 2.05) is 0 Å². The van der Waals surface area contributed by atoms with Crippen LogP contribution >= 0.6 is 11.3 Å². The van der Waals surface area contributed by atoms with Crippen LogP contribution in [0.4, 0.5) is 10.7 Å². The van der Waals surface area contributed by atoms with Gasteiger partial charge in [0.2, 0.25) is 0 Å². The number of furan rings is 1. The van der Waals surface area contributed by atoms with E-state index in [0.717, 1.165) is 11.3 Å². The number of nitro groups is 1. The maximum absolute atomic E-state index is 12.7. The zero-order valence-electron chi connectivity index (χ0n) is 18.9. The lowest BCUT2D eigenvalue weighted by Crippen LogP contribution is -2.14. The highest BCUT2D eigenvalue weighted by Crippen LogP contribution is 2.34. The van der Waals surface area contributed by atoms with Crippen molar-refractivity contribution in [1.82, 2.24) is 0 Å². The monoisotopic (exact) mass is 486 g/mol. The Morgan fingerprint density at radius 3 is 2.53 bits per heavy atom. The van der Waals surface area contributed by atoms with Crippen LogP contribution in [-0.2, 0) is 11.3 Å². The molecule has 0 aliphatic heterocycles. The van der Waals surface area contributed by atoms with Crippen molar-refractivity contribution < 1.29 is 33.2 Å². The number of nitrogens with one attached hydrogen (secondary N) is 1. The number of esters is 1. The summed E-state index contributed by atoms with van der Waals surface area (Å²) in [5, 5.41) is 13.7. The molecule has 0 unspecified atom stereocenters. The first-order chi connectivity index (χ1) is 16.1. The van der Waals surface area contributed by atoms with Gasteiger partial charge >= 0.3 is 5.97 Å². The molecule has 0 bridgehead atoms. The Bertz CT molecular complexity index is 1270. The molecule has 3 aromatic rings. The van der Waals surface area contributed by atoms with Crippen LogP contribution in [0.1, 0.15) is 61.3 Å². The van der Waals surface area contributed by atoms with Gasteiger partial charge in [0.25, 0.3) is 11.6 Å². The van der Waals surface area contributed by atoms with Gasteiger partial charge in [0, 0.05) is 11.6 Å². The summed E-state index contributed by atoms with van der Waals surface area (Å²) in [6, 6.07) is 7.37. The molecule has 1 N–H and O–H groups in total. The number of anilines is 1. The number of Topliss-reactive ketones (excluding diaryl/α,β-unsaturated/α-hetero) is 1. The van der Waals surface area contributed by atoms with Gasteiger partial charge in [0.05, 0.1) is 22.0 Å². The minimum atomic E-state index is -0.633. The van der Waals surface area contributed by atoms with E-state index < -0.39 is 16.8 Å². The second-order valence-electron chi connectivity index (χ2n) is 7.25. The topological polar surface area (TPSA) is 138 Å². The van der Waals surface area contributed by atoms with Crippen molar-refractivity contribution in [2.75, 3.05) is 11.9 Å². The largest absolute Gasteiger partial charge is 0.486 e. The minimum Gasteiger partial charge on any atom is -0.486 e. The van der Waals surface area contributed by atoms with Crippen molar-refractivity contribution in [3.63, 3.8) is 0 Å². The number of rotatable bonds is 9. The molecule has 34 heavy (non-hydrogen) atoms. The second-order valence-corrected chi connectivity index (χ2v) is 8.27. The van der Waals surface area contributed by atoms with Crippen LogP contribution in [-0.4, -0.2) is 29.2 Å². The number of hydrogen-bond acceptors (Lipinski definition) is 9. The average Bonchev–Trinajstić information content (AvgIpc) is 3.37. The molecule has 0 spiro atoms. The lowest BCUT2D eigenvalue weighted by atomic mass is 10.1. The molecule has 3 rings (SSSR count). The fourth-order valence-corrected chi connectivity index (χ4v) is 4.29. The van der Waals surface area contributed by atoms with Gasteiger partial charge in [-0.1, -0.05) is 0 Å². The van der Waals surface area contributed by atoms with Crippen molar-refractivity contribution >= 4 is 39.7 Å². The van der Waals surface area contributed by atoms with Crippen LogP contribution in [0.15, 0.2) is 34.7 Å². The Morgan fingerprint density at radius 1 is 1.18 bits per heavy atom. The highest BCUT2D eigenvalue weighted by Gasteiger charge is 2.26. The molecule has 2 aromatic heterocycles. The predicted octanol–water partition coefficient (Wildman–Crippen LogP) is 5.08. The highest BCUT2D eigenvalue weighted by atomic mass is 32.1. The van der Waals surface area contributed by atoms with Crippen LogP contribution in [0.25, 0.3) is 0 Å². The average molecular weight is 487 g/mol. The third-order valence-electron chi connectivity index (χ3n) is 4.80. The molecule has 0 atom stereocenters. The van der Waals surface area contributed by atoms with Crippen LogP contribution in [0, 0.1) is 24.0 Å². The Kier molecular flexibility index (Phi) is 7.47. The Balaban J connectivity index is 1.73. The van der Waals surface area contributed by atoms with E-state index in [0.29, 0.717) is 27.5 Å². The van der Waals surface area contributed by atoms with Gasteiger partial charge in [-0.25, -0.2) is 4.79 Å². The number of thiophene rings is 1. The van der Waals surface area contributed by atoms with Crippen LogP contribution in [0.2, 0.25) is 0 Å². The van der Waals surface area contributed by atoms with Crippen molar-refractivity contribution in [3.8, 4) is 5.75 Å². The molecule has 1 amide bonds. The van der Waals surface area contributed by atoms with E-state index in [9.17, 15) is 24.5 Å². The number of nitro benzene ring substituents is 1. The summed E-state index contributed by atoms with van der Waals surface area (Å²) >= 11 is 0.994. The fourth-order valence-electron chi connectivity index (χ4n) is 3.21. The molecule has 0 aliphatic carbocycles. The van der Waals surface area contributed by atoms with Gasteiger partial charge in [-0.3, -0.25) is 19.7 Å². The van der Waals surface area contributed by atoms with Gasteiger partial charge in [0.15, 0.2) is 11.5 Å². The molecule has 1 aromatic carbocycles. The number of benzene rings is 1. The molecule has 11 heteroatoms. The number of ketones is 1. The van der Waals surface area contributed by atoms with E-state index in [2.05, 4.69) is 5.32 Å². The number of carbonyl (C=O) groups is 3. The Hall–Kier alpha value is -3.99. The maximum atomic E-state index is 12.7. The number of carbonyl (C=O) groups excluding carboxylic acids is 3. The van der Waals surface area contributed by atoms with E-state index in [-0.39, 0.29) is 41.0 Å². The van der Waals surface area contributed by atoms with Crippen LogP contribution in [0.3, 0.4) is 0 Å². The van der Waals surface area contributed by atoms with Crippen molar-refractivity contribution in [1.29, 1.82) is 0 Å². The smallest absolute Gasteiger partial charge is 0.341 e. The lowest BCUT2D eigenvalue weighted by molar-refractivity contribution is -0.385. The molecular formula is C23H22N2O8S. The number of hydrogen-bond donors (Lipinski definition) is 1. The zero-order chi connectivity index (χ0) is 25.0. The first-order valence-corrected chi connectivity index (χ1v) is 11.0.